The van der Waals surface area contributed by atoms with E-state index >= 15 is 0 Å². The zero-order chi connectivity index (χ0) is 17.0. The molecule has 1 heterocycles. The van der Waals surface area contributed by atoms with E-state index in [1.165, 1.54) is 22.9 Å². The summed E-state index contributed by atoms with van der Waals surface area (Å²) >= 11 is 0. The van der Waals surface area contributed by atoms with Crippen molar-refractivity contribution in [3.63, 3.8) is 0 Å². The number of carbonyl (C=O) groups is 1. The predicted octanol–water partition coefficient (Wildman–Crippen LogP) is 1.02. The topological polar surface area (TPSA) is 76.0 Å². The molecular formula is C16H19FN4O2. The summed E-state index contributed by atoms with van der Waals surface area (Å²) in [6, 6.07) is 7.37. The normalized spacial score (nSPS) is 12.0. The highest BCUT2D eigenvalue weighted by atomic mass is 19.1. The molecule has 1 atom stereocenters. The van der Waals surface area contributed by atoms with Crippen LogP contribution in [-0.2, 0) is 0 Å². The van der Waals surface area contributed by atoms with E-state index in [0.29, 0.717) is 12.2 Å². The molecule has 1 aromatic heterocycles. The molecule has 1 amide bonds. The van der Waals surface area contributed by atoms with Crippen molar-refractivity contribution in [2.24, 2.45) is 0 Å². The SMILES string of the molecule is CNC(C)CNC(=O)c1nn(-c2ccccc2F)c(C)cc1=O. The van der Waals surface area contributed by atoms with E-state index in [1.807, 2.05) is 6.92 Å². The molecule has 0 fully saturated rings. The summed E-state index contributed by atoms with van der Waals surface area (Å²) in [6.07, 6.45) is 0. The zero-order valence-corrected chi connectivity index (χ0v) is 13.3. The quantitative estimate of drug-likeness (QED) is 0.863. The van der Waals surface area contributed by atoms with E-state index in [4.69, 9.17) is 0 Å². The summed E-state index contributed by atoms with van der Waals surface area (Å²) in [5, 5.41) is 9.64. The summed E-state index contributed by atoms with van der Waals surface area (Å²) in [5.74, 6) is -1.07. The maximum Gasteiger partial charge on any atom is 0.275 e. The second-order valence-corrected chi connectivity index (χ2v) is 5.26. The molecule has 2 aromatic rings. The Morgan fingerprint density at radius 3 is 2.74 bits per heavy atom. The largest absolute Gasteiger partial charge is 0.349 e. The molecular weight excluding hydrogens is 299 g/mol. The van der Waals surface area contributed by atoms with E-state index in [1.54, 1.807) is 26.1 Å². The third kappa shape index (κ3) is 3.81. The minimum absolute atomic E-state index is 0.0539. The van der Waals surface area contributed by atoms with Gasteiger partial charge in [0.1, 0.15) is 11.5 Å². The van der Waals surface area contributed by atoms with Gasteiger partial charge in [0, 0.05) is 24.3 Å². The molecule has 6 nitrogen and oxygen atoms in total. The van der Waals surface area contributed by atoms with Crippen molar-refractivity contribution in [1.29, 1.82) is 0 Å². The van der Waals surface area contributed by atoms with Crippen molar-refractivity contribution >= 4 is 5.91 Å². The van der Waals surface area contributed by atoms with Crippen molar-refractivity contribution in [3.8, 4) is 5.69 Å². The first-order valence-corrected chi connectivity index (χ1v) is 7.25. The fourth-order valence-corrected chi connectivity index (χ4v) is 2.00. The fourth-order valence-electron chi connectivity index (χ4n) is 2.00. The Hall–Kier alpha value is -2.54. The average molecular weight is 318 g/mol. The van der Waals surface area contributed by atoms with Gasteiger partial charge in [0.25, 0.3) is 5.91 Å². The number of hydrogen-bond acceptors (Lipinski definition) is 4. The highest BCUT2D eigenvalue weighted by molar-refractivity contribution is 5.92. The van der Waals surface area contributed by atoms with Gasteiger partial charge in [-0.15, -0.1) is 0 Å². The summed E-state index contributed by atoms with van der Waals surface area (Å²) in [4.78, 5) is 24.2. The molecule has 0 radical (unpaired) electrons. The van der Waals surface area contributed by atoms with Crippen LogP contribution in [-0.4, -0.2) is 35.3 Å². The van der Waals surface area contributed by atoms with Gasteiger partial charge in [-0.05, 0) is 33.0 Å². The van der Waals surface area contributed by atoms with Gasteiger partial charge in [0.05, 0.1) is 0 Å². The average Bonchev–Trinajstić information content (AvgIpc) is 2.53. The molecule has 0 bridgehead atoms. The van der Waals surface area contributed by atoms with E-state index in [2.05, 4.69) is 15.7 Å². The van der Waals surface area contributed by atoms with Crippen LogP contribution in [0.1, 0.15) is 23.1 Å². The lowest BCUT2D eigenvalue weighted by atomic mass is 10.2. The third-order valence-electron chi connectivity index (χ3n) is 3.46. The lowest BCUT2D eigenvalue weighted by molar-refractivity contribution is 0.0942. The third-order valence-corrected chi connectivity index (χ3v) is 3.46. The van der Waals surface area contributed by atoms with Crippen LogP contribution >= 0.6 is 0 Å². The molecule has 23 heavy (non-hydrogen) atoms. The molecule has 0 aliphatic rings. The molecule has 122 valence electrons. The standard InChI is InChI=1S/C16H19FN4O2/c1-10(18-3)9-19-16(23)15-14(22)8-11(2)21(20-15)13-7-5-4-6-12(13)17/h4-8,10,18H,9H2,1-3H3,(H,19,23). The van der Waals surface area contributed by atoms with Gasteiger partial charge in [0.15, 0.2) is 5.69 Å². The lowest BCUT2D eigenvalue weighted by Gasteiger charge is -2.13. The number of amides is 1. The first-order chi connectivity index (χ1) is 10.9. The predicted molar refractivity (Wildman–Crippen MR) is 85.4 cm³/mol. The van der Waals surface area contributed by atoms with Gasteiger partial charge in [-0.25, -0.2) is 9.07 Å². The summed E-state index contributed by atoms with van der Waals surface area (Å²) in [5.41, 5.74) is -0.130. The van der Waals surface area contributed by atoms with Crippen molar-refractivity contribution in [3.05, 3.63) is 57.8 Å². The Balaban J connectivity index is 2.39. The minimum Gasteiger partial charge on any atom is -0.349 e. The lowest BCUT2D eigenvalue weighted by Crippen LogP contribution is -2.39. The Labute approximate surface area is 133 Å². The van der Waals surface area contributed by atoms with Crippen LogP contribution in [0.15, 0.2) is 35.1 Å². The smallest absolute Gasteiger partial charge is 0.275 e. The number of aryl methyl sites for hydroxylation is 1. The van der Waals surface area contributed by atoms with Gasteiger partial charge in [-0.2, -0.15) is 5.10 Å². The highest BCUT2D eigenvalue weighted by Crippen LogP contribution is 2.12. The van der Waals surface area contributed by atoms with E-state index in [9.17, 15) is 14.0 Å². The van der Waals surface area contributed by atoms with Crippen LogP contribution in [0.3, 0.4) is 0 Å². The second kappa shape index (κ2) is 7.15. The van der Waals surface area contributed by atoms with Crippen molar-refractivity contribution in [2.75, 3.05) is 13.6 Å². The van der Waals surface area contributed by atoms with Crippen molar-refractivity contribution in [2.45, 2.75) is 19.9 Å². The molecule has 0 spiro atoms. The van der Waals surface area contributed by atoms with Gasteiger partial charge in [-0.1, -0.05) is 12.1 Å². The number of nitrogens with one attached hydrogen (secondary N) is 2. The molecule has 2 N–H and O–H groups in total. The number of benzene rings is 1. The maximum absolute atomic E-state index is 13.9. The van der Waals surface area contributed by atoms with Crippen LogP contribution in [0, 0.1) is 12.7 Å². The Bertz CT molecular complexity index is 773. The molecule has 0 aliphatic carbocycles. The van der Waals surface area contributed by atoms with E-state index in [0.717, 1.165) is 0 Å². The van der Waals surface area contributed by atoms with Gasteiger partial charge >= 0.3 is 0 Å². The van der Waals surface area contributed by atoms with Crippen LogP contribution in [0.5, 0.6) is 0 Å². The minimum atomic E-state index is -0.581. The van der Waals surface area contributed by atoms with Gasteiger partial charge < -0.3 is 10.6 Å². The molecule has 2 rings (SSSR count). The maximum atomic E-state index is 13.9. The number of hydrogen-bond donors (Lipinski definition) is 2. The Kier molecular flexibility index (Phi) is 5.23. The number of halogens is 1. The zero-order valence-electron chi connectivity index (χ0n) is 13.3. The number of para-hydroxylation sites is 1. The first kappa shape index (κ1) is 16.8. The number of aromatic nitrogens is 2. The first-order valence-electron chi connectivity index (χ1n) is 7.25. The number of nitrogens with zero attached hydrogens (tertiary/aromatic N) is 2. The molecule has 7 heteroatoms. The summed E-state index contributed by atoms with van der Waals surface area (Å²) in [6.45, 7) is 3.87. The van der Waals surface area contributed by atoms with Crippen LogP contribution < -0.4 is 16.1 Å². The molecule has 0 saturated carbocycles. The van der Waals surface area contributed by atoms with E-state index < -0.39 is 17.2 Å². The summed E-state index contributed by atoms with van der Waals surface area (Å²) in [7, 11) is 1.77. The fraction of sp³-hybridized carbons (Fsp3) is 0.312. The molecule has 0 aliphatic heterocycles. The second-order valence-electron chi connectivity index (χ2n) is 5.26. The van der Waals surface area contributed by atoms with Crippen molar-refractivity contribution < 1.29 is 9.18 Å². The summed E-state index contributed by atoms with van der Waals surface area (Å²) < 4.78 is 15.2. The monoisotopic (exact) mass is 318 g/mol. The van der Waals surface area contributed by atoms with E-state index in [-0.39, 0.29) is 17.4 Å². The number of rotatable bonds is 5. The van der Waals surface area contributed by atoms with Crippen LogP contribution in [0.2, 0.25) is 0 Å². The van der Waals surface area contributed by atoms with Crippen LogP contribution in [0.4, 0.5) is 4.39 Å². The van der Waals surface area contributed by atoms with Gasteiger partial charge in [-0.3, -0.25) is 9.59 Å². The number of carbonyl (C=O) groups excluding carboxylic acids is 1. The van der Waals surface area contributed by atoms with Crippen LogP contribution in [0.25, 0.3) is 5.69 Å². The Morgan fingerprint density at radius 1 is 1.39 bits per heavy atom. The van der Waals surface area contributed by atoms with Gasteiger partial charge in [0.2, 0.25) is 5.43 Å². The molecule has 1 aromatic carbocycles. The number of likely N-dealkylation sites (N-methyl/N-ethyl adjacent to an activating group) is 1. The Morgan fingerprint density at radius 2 is 2.09 bits per heavy atom. The highest BCUT2D eigenvalue weighted by Gasteiger charge is 2.16. The van der Waals surface area contributed by atoms with Crippen molar-refractivity contribution in [1.82, 2.24) is 20.4 Å². The molecule has 0 saturated heterocycles. The molecule has 1 unspecified atom stereocenters.